The molecule has 8 heteroatoms. The highest BCUT2D eigenvalue weighted by Crippen LogP contribution is 2.32. The van der Waals surface area contributed by atoms with Crippen molar-refractivity contribution in [3.8, 4) is 5.75 Å². The number of anilines is 1. The molecular weight excluding hydrogens is 362 g/mol. The molecule has 0 aliphatic heterocycles. The quantitative estimate of drug-likeness (QED) is 0.542. The molecule has 0 bridgehead atoms. The van der Waals surface area contributed by atoms with Crippen molar-refractivity contribution in [3.63, 3.8) is 0 Å². The summed E-state index contributed by atoms with van der Waals surface area (Å²) in [6, 6.07) is 7.24. The Kier molecular flexibility index (Phi) is 7.14. The van der Waals surface area contributed by atoms with Crippen molar-refractivity contribution in [1.29, 1.82) is 0 Å². The molecule has 0 saturated carbocycles. The summed E-state index contributed by atoms with van der Waals surface area (Å²) in [7, 11) is 1.61. The van der Waals surface area contributed by atoms with Gasteiger partial charge in [-0.15, -0.1) is 10.2 Å². The number of thioether (sulfide) groups is 2. The van der Waals surface area contributed by atoms with E-state index >= 15 is 0 Å². The Bertz CT molecular complexity index is 701. The fourth-order valence-electron chi connectivity index (χ4n) is 1.61. The Morgan fingerprint density at radius 1 is 1.33 bits per heavy atom. The first-order valence-corrected chi connectivity index (χ1v) is 9.88. The van der Waals surface area contributed by atoms with E-state index in [0.717, 1.165) is 31.4 Å². The fraction of sp³-hybridized carbons (Fsp3) is 0.312. The number of hydrogen-bond acceptors (Lipinski definition) is 7. The maximum atomic E-state index is 12.3. The van der Waals surface area contributed by atoms with E-state index in [1.54, 1.807) is 18.9 Å². The van der Waals surface area contributed by atoms with E-state index in [2.05, 4.69) is 22.1 Å². The third-order valence-electron chi connectivity index (χ3n) is 2.83. The average Bonchev–Trinajstić information content (AvgIpc) is 3.01. The van der Waals surface area contributed by atoms with Gasteiger partial charge >= 0.3 is 0 Å². The first kappa shape index (κ1) is 18.8. The topological polar surface area (TPSA) is 64.1 Å². The average molecular weight is 382 g/mol. The van der Waals surface area contributed by atoms with Gasteiger partial charge in [0.15, 0.2) is 8.68 Å². The fourth-order valence-corrected chi connectivity index (χ4v) is 4.62. The molecule has 0 aliphatic rings. The number of nitrogens with zero attached hydrogens (tertiary/aromatic N) is 2. The Hall–Kier alpha value is -1.51. The summed E-state index contributed by atoms with van der Waals surface area (Å²) in [6.07, 6.45) is 0. The number of methoxy groups -OCH3 is 1. The third kappa shape index (κ3) is 5.85. The van der Waals surface area contributed by atoms with Crippen LogP contribution in [-0.2, 0) is 4.79 Å². The predicted molar refractivity (Wildman–Crippen MR) is 102 cm³/mol. The second kappa shape index (κ2) is 9.10. The van der Waals surface area contributed by atoms with Gasteiger partial charge in [-0.25, -0.2) is 0 Å². The molecule has 24 heavy (non-hydrogen) atoms. The molecule has 1 aromatic carbocycles. The van der Waals surface area contributed by atoms with Crippen LogP contribution in [0.1, 0.15) is 13.8 Å². The zero-order valence-corrected chi connectivity index (χ0v) is 16.2. The first-order valence-electron chi connectivity index (χ1n) is 7.20. The third-order valence-corrected chi connectivity index (χ3v) is 6.31. The molecule has 0 radical (unpaired) electrons. The number of carbonyl (C=O) groups is 1. The smallest absolute Gasteiger partial charge is 0.237 e. The van der Waals surface area contributed by atoms with Crippen molar-refractivity contribution >= 4 is 46.5 Å². The van der Waals surface area contributed by atoms with Crippen molar-refractivity contribution in [3.05, 3.63) is 36.4 Å². The number of ether oxygens (including phenoxy) is 1. The molecular formula is C16H19N3O2S3. The number of nitrogens with one attached hydrogen (secondary N) is 1. The van der Waals surface area contributed by atoms with Gasteiger partial charge in [-0.2, -0.15) is 0 Å². The van der Waals surface area contributed by atoms with Crippen LogP contribution in [0.5, 0.6) is 5.75 Å². The second-order valence-electron chi connectivity index (χ2n) is 5.06. The largest absolute Gasteiger partial charge is 0.497 e. The van der Waals surface area contributed by atoms with E-state index in [1.807, 2.05) is 38.1 Å². The van der Waals surface area contributed by atoms with Gasteiger partial charge < -0.3 is 10.1 Å². The van der Waals surface area contributed by atoms with Gasteiger partial charge in [0.05, 0.1) is 12.4 Å². The van der Waals surface area contributed by atoms with Crippen molar-refractivity contribution < 1.29 is 9.53 Å². The summed E-state index contributed by atoms with van der Waals surface area (Å²) in [5, 5.41) is 10.9. The monoisotopic (exact) mass is 381 g/mol. The highest BCUT2D eigenvalue weighted by molar-refractivity contribution is 8.04. The molecule has 0 unspecified atom stereocenters. The molecule has 1 atom stereocenters. The van der Waals surface area contributed by atoms with Gasteiger partial charge in [0.25, 0.3) is 0 Å². The maximum absolute atomic E-state index is 12.3. The van der Waals surface area contributed by atoms with Crippen molar-refractivity contribution in [2.24, 2.45) is 0 Å². The molecule has 0 spiro atoms. The van der Waals surface area contributed by atoms with Crippen LogP contribution in [-0.4, -0.2) is 34.2 Å². The molecule has 0 aliphatic carbocycles. The molecule has 5 nitrogen and oxygen atoms in total. The zero-order chi connectivity index (χ0) is 17.5. The normalized spacial score (nSPS) is 11.8. The SMILES string of the molecule is C=C(C)CSc1nnc(S[C@@H](C)C(=O)Nc2ccc(OC)cc2)s1. The lowest BCUT2D eigenvalue weighted by Crippen LogP contribution is -2.22. The number of aromatic nitrogens is 2. The maximum Gasteiger partial charge on any atom is 0.237 e. The molecule has 2 rings (SSSR count). The molecule has 128 valence electrons. The van der Waals surface area contributed by atoms with Crippen LogP contribution in [0.3, 0.4) is 0 Å². The van der Waals surface area contributed by atoms with Gasteiger partial charge in [-0.1, -0.05) is 47.0 Å². The summed E-state index contributed by atoms with van der Waals surface area (Å²) >= 11 is 4.51. The van der Waals surface area contributed by atoms with Crippen molar-refractivity contribution in [1.82, 2.24) is 10.2 Å². The second-order valence-corrected chi connectivity index (χ2v) is 8.85. The highest BCUT2D eigenvalue weighted by Gasteiger charge is 2.17. The van der Waals surface area contributed by atoms with Gasteiger partial charge in [-0.05, 0) is 38.1 Å². The van der Waals surface area contributed by atoms with Crippen LogP contribution in [0.4, 0.5) is 5.69 Å². The Morgan fingerprint density at radius 2 is 2.00 bits per heavy atom. The number of carbonyl (C=O) groups excluding carboxylic acids is 1. The van der Waals surface area contributed by atoms with E-state index in [1.165, 1.54) is 23.1 Å². The molecule has 2 aromatic rings. The van der Waals surface area contributed by atoms with E-state index in [-0.39, 0.29) is 11.2 Å². The molecule has 1 amide bonds. The minimum Gasteiger partial charge on any atom is -0.497 e. The number of hydrogen-bond donors (Lipinski definition) is 1. The van der Waals surface area contributed by atoms with Gasteiger partial charge in [0.1, 0.15) is 5.75 Å². The molecule has 1 heterocycles. The van der Waals surface area contributed by atoms with Crippen LogP contribution >= 0.6 is 34.9 Å². The Morgan fingerprint density at radius 3 is 2.62 bits per heavy atom. The van der Waals surface area contributed by atoms with Crippen LogP contribution in [0, 0.1) is 0 Å². The first-order chi connectivity index (χ1) is 11.5. The molecule has 0 fully saturated rings. The van der Waals surface area contributed by atoms with Crippen molar-refractivity contribution in [2.75, 3.05) is 18.2 Å². The standard InChI is InChI=1S/C16H19N3O2S3/c1-10(2)9-22-15-18-19-16(24-15)23-11(3)14(20)17-12-5-7-13(21-4)8-6-12/h5-8,11H,1,9H2,2-4H3,(H,17,20)/t11-/m0/s1. The minimum absolute atomic E-state index is 0.0727. The van der Waals surface area contributed by atoms with E-state index in [0.29, 0.717) is 0 Å². The Balaban J connectivity index is 1.87. The molecule has 0 saturated heterocycles. The summed E-state index contributed by atoms with van der Waals surface area (Å²) < 4.78 is 6.78. The van der Waals surface area contributed by atoms with Gasteiger partial charge in [-0.3, -0.25) is 4.79 Å². The number of amides is 1. The van der Waals surface area contributed by atoms with E-state index < -0.39 is 0 Å². The lowest BCUT2D eigenvalue weighted by molar-refractivity contribution is -0.115. The highest BCUT2D eigenvalue weighted by atomic mass is 32.2. The molecule has 1 N–H and O–H groups in total. The summed E-state index contributed by atoms with van der Waals surface area (Å²) in [5.74, 6) is 1.51. The zero-order valence-electron chi connectivity index (χ0n) is 13.7. The van der Waals surface area contributed by atoms with Crippen LogP contribution < -0.4 is 10.1 Å². The van der Waals surface area contributed by atoms with E-state index in [4.69, 9.17) is 4.74 Å². The number of benzene rings is 1. The minimum atomic E-state index is -0.265. The summed E-state index contributed by atoms with van der Waals surface area (Å²) in [5.41, 5.74) is 1.83. The number of rotatable bonds is 8. The van der Waals surface area contributed by atoms with E-state index in [9.17, 15) is 4.79 Å². The van der Waals surface area contributed by atoms with Gasteiger partial charge in [0, 0.05) is 11.4 Å². The Labute approximate surface area is 154 Å². The van der Waals surface area contributed by atoms with Crippen molar-refractivity contribution in [2.45, 2.75) is 27.8 Å². The predicted octanol–water partition coefficient (Wildman–Crippen LogP) is 4.33. The van der Waals surface area contributed by atoms with Crippen LogP contribution in [0.2, 0.25) is 0 Å². The molecule has 1 aromatic heterocycles. The van der Waals surface area contributed by atoms with Gasteiger partial charge in [0.2, 0.25) is 5.91 Å². The summed E-state index contributed by atoms with van der Waals surface area (Å²) in [6.45, 7) is 7.70. The van der Waals surface area contributed by atoms with Crippen LogP contribution in [0.25, 0.3) is 0 Å². The van der Waals surface area contributed by atoms with Crippen LogP contribution in [0.15, 0.2) is 45.1 Å². The summed E-state index contributed by atoms with van der Waals surface area (Å²) in [4.78, 5) is 12.3. The lowest BCUT2D eigenvalue weighted by Gasteiger charge is -2.10. The lowest BCUT2D eigenvalue weighted by atomic mass is 10.3.